The Labute approximate surface area is 145 Å². The molecule has 0 radical (unpaired) electrons. The number of rotatable bonds is 7. The van der Waals surface area contributed by atoms with Crippen LogP contribution in [0.4, 0.5) is 5.69 Å². The van der Waals surface area contributed by atoms with Gasteiger partial charge in [0.25, 0.3) is 5.91 Å². The molecule has 0 aliphatic carbocycles. The first-order chi connectivity index (χ1) is 12.3. The van der Waals surface area contributed by atoms with E-state index in [0.29, 0.717) is 29.6 Å². The molecule has 0 aliphatic heterocycles. The molecule has 0 fully saturated rings. The monoisotopic (exact) mass is 338 g/mol. The Bertz CT molecular complexity index is 831. The number of oxazole rings is 1. The van der Waals surface area contributed by atoms with Crippen LogP contribution in [0.2, 0.25) is 0 Å². The minimum absolute atomic E-state index is 0.114. The van der Waals surface area contributed by atoms with E-state index in [1.165, 1.54) is 6.39 Å². The highest BCUT2D eigenvalue weighted by Crippen LogP contribution is 2.26. The second kappa shape index (κ2) is 8.01. The molecule has 0 spiro atoms. The first-order valence-corrected chi connectivity index (χ1v) is 7.89. The number of ether oxygens (including phenoxy) is 2. The fraction of sp³-hybridized carbons (Fsp3) is 0.158. The summed E-state index contributed by atoms with van der Waals surface area (Å²) in [6, 6.07) is 14.6. The van der Waals surface area contributed by atoms with Gasteiger partial charge in [-0.3, -0.25) is 4.79 Å². The van der Waals surface area contributed by atoms with Crippen LogP contribution >= 0.6 is 0 Å². The lowest BCUT2D eigenvalue weighted by molar-refractivity contribution is -0.118. The van der Waals surface area contributed by atoms with Crippen molar-refractivity contribution >= 4 is 11.6 Å². The third kappa shape index (κ3) is 4.38. The number of amides is 1. The van der Waals surface area contributed by atoms with Gasteiger partial charge in [-0.25, -0.2) is 4.98 Å². The van der Waals surface area contributed by atoms with Gasteiger partial charge in [0.1, 0.15) is 0 Å². The van der Waals surface area contributed by atoms with Gasteiger partial charge in [0, 0.05) is 11.3 Å². The van der Waals surface area contributed by atoms with E-state index >= 15 is 0 Å². The third-order valence-electron chi connectivity index (χ3n) is 3.37. The molecular formula is C19H18N2O4. The number of anilines is 1. The Morgan fingerprint density at radius 1 is 1.12 bits per heavy atom. The summed E-state index contributed by atoms with van der Waals surface area (Å²) in [5, 5.41) is 2.80. The average molecular weight is 338 g/mol. The van der Waals surface area contributed by atoms with Crippen molar-refractivity contribution in [1.29, 1.82) is 0 Å². The Kier molecular flexibility index (Phi) is 5.31. The molecule has 0 atom stereocenters. The molecule has 0 aliphatic rings. The van der Waals surface area contributed by atoms with Crippen molar-refractivity contribution in [2.75, 3.05) is 18.5 Å². The molecule has 3 aromatic rings. The zero-order valence-electron chi connectivity index (χ0n) is 13.8. The summed E-state index contributed by atoms with van der Waals surface area (Å²) in [4.78, 5) is 16.0. The van der Waals surface area contributed by atoms with E-state index in [9.17, 15) is 4.79 Å². The summed E-state index contributed by atoms with van der Waals surface area (Å²) in [5.74, 6) is 1.53. The smallest absolute Gasteiger partial charge is 0.262 e. The zero-order chi connectivity index (χ0) is 17.5. The highest BCUT2D eigenvalue weighted by atomic mass is 16.5. The summed E-state index contributed by atoms with van der Waals surface area (Å²) < 4.78 is 16.3. The summed E-state index contributed by atoms with van der Waals surface area (Å²) in [7, 11) is 0. The number of carbonyl (C=O) groups is 1. The third-order valence-corrected chi connectivity index (χ3v) is 3.37. The van der Waals surface area contributed by atoms with E-state index in [0.717, 1.165) is 5.56 Å². The van der Waals surface area contributed by atoms with Gasteiger partial charge in [0.05, 0.1) is 12.8 Å². The van der Waals surface area contributed by atoms with E-state index in [4.69, 9.17) is 13.9 Å². The van der Waals surface area contributed by atoms with Gasteiger partial charge in [-0.05, 0) is 31.2 Å². The SMILES string of the molecule is CCOc1ccccc1OCC(=O)Nc1cccc(-c2cnco2)c1. The highest BCUT2D eigenvalue weighted by Gasteiger charge is 2.09. The molecule has 6 heteroatoms. The number of benzene rings is 2. The standard InChI is InChI=1S/C19H18N2O4/c1-2-23-16-8-3-4-9-17(16)24-12-19(22)21-15-7-5-6-14(10-15)18-11-20-13-25-18/h3-11,13H,2,12H2,1H3,(H,21,22). The second-order valence-corrected chi connectivity index (χ2v) is 5.16. The molecule has 0 saturated heterocycles. The molecule has 128 valence electrons. The van der Waals surface area contributed by atoms with E-state index in [1.807, 2.05) is 37.3 Å². The molecule has 1 heterocycles. The molecular weight excluding hydrogens is 320 g/mol. The number of nitrogens with one attached hydrogen (secondary N) is 1. The number of hydrogen-bond donors (Lipinski definition) is 1. The molecule has 25 heavy (non-hydrogen) atoms. The fourth-order valence-electron chi connectivity index (χ4n) is 2.29. The molecule has 1 amide bonds. The quantitative estimate of drug-likeness (QED) is 0.710. The van der Waals surface area contributed by atoms with Gasteiger partial charge < -0.3 is 19.2 Å². The van der Waals surface area contributed by atoms with E-state index < -0.39 is 0 Å². The first-order valence-electron chi connectivity index (χ1n) is 7.89. The van der Waals surface area contributed by atoms with Crippen LogP contribution in [0, 0.1) is 0 Å². The van der Waals surface area contributed by atoms with Gasteiger partial charge >= 0.3 is 0 Å². The molecule has 2 aromatic carbocycles. The first kappa shape index (κ1) is 16.6. The predicted molar refractivity (Wildman–Crippen MR) is 93.7 cm³/mol. The second-order valence-electron chi connectivity index (χ2n) is 5.16. The Morgan fingerprint density at radius 2 is 1.92 bits per heavy atom. The van der Waals surface area contributed by atoms with Gasteiger partial charge in [-0.2, -0.15) is 0 Å². The van der Waals surface area contributed by atoms with Crippen LogP contribution in [0.3, 0.4) is 0 Å². The highest BCUT2D eigenvalue weighted by molar-refractivity contribution is 5.92. The number of para-hydroxylation sites is 2. The maximum Gasteiger partial charge on any atom is 0.262 e. The number of aromatic nitrogens is 1. The van der Waals surface area contributed by atoms with Crippen LogP contribution in [0.5, 0.6) is 11.5 Å². The molecule has 0 unspecified atom stereocenters. The summed E-state index contributed by atoms with van der Waals surface area (Å²) >= 11 is 0. The number of nitrogens with zero attached hydrogens (tertiary/aromatic N) is 1. The van der Waals surface area contributed by atoms with E-state index in [-0.39, 0.29) is 12.5 Å². The number of carbonyl (C=O) groups excluding carboxylic acids is 1. The molecule has 6 nitrogen and oxygen atoms in total. The maximum absolute atomic E-state index is 12.1. The van der Waals surface area contributed by atoms with Gasteiger partial charge in [0.15, 0.2) is 30.3 Å². The Morgan fingerprint density at radius 3 is 2.64 bits per heavy atom. The lowest BCUT2D eigenvalue weighted by Gasteiger charge is -2.11. The maximum atomic E-state index is 12.1. The van der Waals surface area contributed by atoms with E-state index in [1.54, 1.807) is 24.4 Å². The largest absolute Gasteiger partial charge is 0.490 e. The lowest BCUT2D eigenvalue weighted by Crippen LogP contribution is -2.20. The summed E-state index contributed by atoms with van der Waals surface area (Å²) in [6.07, 6.45) is 2.99. The fourth-order valence-corrected chi connectivity index (χ4v) is 2.29. The van der Waals surface area contributed by atoms with Crippen molar-refractivity contribution < 1.29 is 18.7 Å². The van der Waals surface area contributed by atoms with Crippen LogP contribution in [0.25, 0.3) is 11.3 Å². The van der Waals surface area contributed by atoms with E-state index in [2.05, 4.69) is 10.3 Å². The molecule has 0 saturated carbocycles. The van der Waals surface area contributed by atoms with Crippen molar-refractivity contribution in [3.05, 3.63) is 61.1 Å². The van der Waals surface area contributed by atoms with Crippen molar-refractivity contribution in [1.82, 2.24) is 4.98 Å². The molecule has 1 aromatic heterocycles. The Hall–Kier alpha value is -3.28. The normalized spacial score (nSPS) is 10.3. The molecule has 3 rings (SSSR count). The van der Waals surface area contributed by atoms with Crippen LogP contribution in [0.15, 0.2) is 65.5 Å². The van der Waals surface area contributed by atoms with Crippen LogP contribution in [-0.2, 0) is 4.79 Å². The average Bonchev–Trinajstić information content (AvgIpc) is 3.16. The topological polar surface area (TPSA) is 73.6 Å². The van der Waals surface area contributed by atoms with Crippen LogP contribution < -0.4 is 14.8 Å². The minimum Gasteiger partial charge on any atom is -0.490 e. The summed E-state index contributed by atoms with van der Waals surface area (Å²) in [5.41, 5.74) is 1.48. The molecule has 0 bridgehead atoms. The van der Waals surface area contributed by atoms with Crippen molar-refractivity contribution in [2.24, 2.45) is 0 Å². The van der Waals surface area contributed by atoms with Crippen molar-refractivity contribution in [2.45, 2.75) is 6.92 Å². The van der Waals surface area contributed by atoms with Gasteiger partial charge in [0.2, 0.25) is 0 Å². The van der Waals surface area contributed by atoms with Crippen molar-refractivity contribution in [3.63, 3.8) is 0 Å². The number of hydrogen-bond acceptors (Lipinski definition) is 5. The molecule has 1 N–H and O–H groups in total. The minimum atomic E-state index is -0.263. The van der Waals surface area contributed by atoms with Crippen molar-refractivity contribution in [3.8, 4) is 22.8 Å². The van der Waals surface area contributed by atoms with Crippen LogP contribution in [0.1, 0.15) is 6.92 Å². The van der Waals surface area contributed by atoms with Gasteiger partial charge in [-0.1, -0.05) is 24.3 Å². The van der Waals surface area contributed by atoms with Crippen LogP contribution in [-0.4, -0.2) is 24.1 Å². The Balaban J connectivity index is 1.61. The van der Waals surface area contributed by atoms with Gasteiger partial charge in [-0.15, -0.1) is 0 Å². The zero-order valence-corrected chi connectivity index (χ0v) is 13.8. The lowest BCUT2D eigenvalue weighted by atomic mass is 10.1. The summed E-state index contributed by atoms with van der Waals surface area (Å²) in [6.45, 7) is 2.31. The predicted octanol–water partition coefficient (Wildman–Crippen LogP) is 3.76.